The zero-order chi connectivity index (χ0) is 23.2. The van der Waals surface area contributed by atoms with E-state index >= 15 is 0 Å². The van der Waals surface area contributed by atoms with Crippen molar-refractivity contribution in [3.8, 4) is 0 Å². The first-order valence-corrected chi connectivity index (χ1v) is 12.2. The molecule has 0 bridgehead atoms. The van der Waals surface area contributed by atoms with E-state index in [1.165, 1.54) is 5.56 Å². The van der Waals surface area contributed by atoms with E-state index in [1.54, 1.807) is 0 Å². The molecule has 1 aliphatic carbocycles. The number of benzene rings is 1. The molecule has 4 atom stereocenters. The molecule has 3 rings (SSSR count). The summed E-state index contributed by atoms with van der Waals surface area (Å²) in [5.74, 6) is -0.364. The van der Waals surface area contributed by atoms with Crippen LogP contribution in [-0.4, -0.2) is 71.5 Å². The van der Waals surface area contributed by atoms with Crippen LogP contribution >= 0.6 is 0 Å². The highest BCUT2D eigenvalue weighted by molar-refractivity contribution is 7.84. The molecule has 1 saturated heterocycles. The molecular weight excluding hydrogens is 424 g/mol. The van der Waals surface area contributed by atoms with E-state index in [2.05, 4.69) is 24.5 Å². The van der Waals surface area contributed by atoms with E-state index in [1.807, 2.05) is 12.1 Å². The lowest BCUT2D eigenvalue weighted by molar-refractivity contribution is -0.997. The number of quaternary nitrogens is 1. The van der Waals surface area contributed by atoms with Gasteiger partial charge in [0.15, 0.2) is 0 Å². The first-order valence-electron chi connectivity index (χ1n) is 10.4. The van der Waals surface area contributed by atoms with Crippen LogP contribution in [0, 0.1) is 5.92 Å². The van der Waals surface area contributed by atoms with Crippen molar-refractivity contribution < 1.29 is 37.3 Å². The van der Waals surface area contributed by atoms with Crippen molar-refractivity contribution in [3.05, 3.63) is 29.8 Å². The third-order valence-electron chi connectivity index (χ3n) is 5.94. The maximum Gasteiger partial charge on any atom is 0.303 e. The van der Waals surface area contributed by atoms with Crippen LogP contribution in [0.25, 0.3) is 0 Å². The van der Waals surface area contributed by atoms with Crippen LogP contribution in [0.15, 0.2) is 24.3 Å². The number of nitrogens with one attached hydrogen (secondary N) is 1. The molecule has 1 heterocycles. The number of fused-ring (bicyclic) bond motifs is 1. The highest BCUT2D eigenvalue weighted by Crippen LogP contribution is 2.43. The molecule has 1 aromatic rings. The minimum atomic E-state index is -3.92. The molecule has 2 aliphatic rings. The van der Waals surface area contributed by atoms with E-state index in [0.29, 0.717) is 24.6 Å². The van der Waals surface area contributed by atoms with Gasteiger partial charge in [0.1, 0.15) is 6.54 Å². The van der Waals surface area contributed by atoms with Crippen molar-refractivity contribution in [2.45, 2.75) is 57.2 Å². The summed E-state index contributed by atoms with van der Waals surface area (Å²) in [5, 5.41) is 21.2. The molecule has 1 aromatic carbocycles. The van der Waals surface area contributed by atoms with Crippen LogP contribution < -0.4 is 5.32 Å². The van der Waals surface area contributed by atoms with Gasteiger partial charge in [-0.2, -0.15) is 0 Å². The second-order valence-electron chi connectivity index (χ2n) is 8.81. The maximum absolute atomic E-state index is 11.8. The van der Waals surface area contributed by atoms with E-state index < -0.39 is 16.1 Å². The molecule has 1 unspecified atom stereocenters. The fourth-order valence-electron chi connectivity index (χ4n) is 4.69. The van der Waals surface area contributed by atoms with Gasteiger partial charge in [0, 0.05) is 36.8 Å². The molecule has 2 fully saturated rings. The number of carbonyl (C=O) groups is 2. The standard InChI is InChI=1S/C20H28N2O4.CH4O3S/c1-22(13-15-11-17(23)9-10-18(15)22)12-14-5-7-16(8-6-14)21-19(24)3-2-4-20(25)26;1-5(2,3)4/h5-8,15,17-18,23H,2-4,9-13H2,1H3,(H-,21,24,25,26);1H3,(H,2,3,4)/t15-,17+,18-,22?;/m0./s1. The Kier molecular flexibility index (Phi) is 8.58. The first kappa shape index (κ1) is 25.3. The van der Waals surface area contributed by atoms with Gasteiger partial charge in [-0.05, 0) is 31.4 Å². The molecule has 1 aliphatic heterocycles. The largest absolute Gasteiger partial charge is 0.748 e. The van der Waals surface area contributed by atoms with E-state index in [4.69, 9.17) is 18.1 Å². The number of rotatable bonds is 7. The van der Waals surface area contributed by atoms with Gasteiger partial charge >= 0.3 is 5.97 Å². The van der Waals surface area contributed by atoms with Crippen molar-refractivity contribution in [3.63, 3.8) is 0 Å². The third-order valence-corrected chi connectivity index (χ3v) is 5.94. The molecular formula is C21H32N2O7S. The smallest absolute Gasteiger partial charge is 0.303 e. The highest BCUT2D eigenvalue weighted by atomic mass is 32.2. The number of carbonyl (C=O) groups excluding carboxylic acids is 1. The topological polar surface area (TPSA) is 144 Å². The number of hydrogen-bond acceptors (Lipinski definition) is 6. The number of amides is 1. The monoisotopic (exact) mass is 456 g/mol. The molecule has 31 heavy (non-hydrogen) atoms. The lowest BCUT2D eigenvalue weighted by Crippen LogP contribution is -2.69. The SMILES string of the molecule is CS(=O)(=O)[O-].C[N+]1(Cc2ccc(NC(=O)CCCC(=O)O)cc2)C[C@@H]2C[C@H](O)CC[C@@H]21. The van der Waals surface area contributed by atoms with E-state index in [-0.39, 0.29) is 24.9 Å². The summed E-state index contributed by atoms with van der Waals surface area (Å²) in [6.07, 6.45) is 4.06. The number of carboxylic acid groups (broad SMARTS) is 1. The summed E-state index contributed by atoms with van der Waals surface area (Å²) in [4.78, 5) is 22.3. The average molecular weight is 457 g/mol. The van der Waals surface area contributed by atoms with Crippen molar-refractivity contribution in [2.75, 3.05) is 25.2 Å². The summed E-state index contributed by atoms with van der Waals surface area (Å²) in [6, 6.07) is 8.60. The Labute approximate surface area is 183 Å². The Balaban J connectivity index is 0.000000614. The number of hydrogen-bond donors (Lipinski definition) is 3. The van der Waals surface area contributed by atoms with Crippen LogP contribution in [0.5, 0.6) is 0 Å². The van der Waals surface area contributed by atoms with Gasteiger partial charge in [-0.3, -0.25) is 9.59 Å². The number of carboxylic acids is 1. The lowest BCUT2D eigenvalue weighted by Gasteiger charge is -2.57. The van der Waals surface area contributed by atoms with Gasteiger partial charge in [0.2, 0.25) is 5.91 Å². The van der Waals surface area contributed by atoms with Gasteiger partial charge in [-0.25, -0.2) is 8.42 Å². The number of likely N-dealkylation sites (tertiary alicyclic amines) is 1. The second-order valence-corrected chi connectivity index (χ2v) is 10.2. The van der Waals surface area contributed by atoms with Gasteiger partial charge in [-0.1, -0.05) is 12.1 Å². The molecule has 0 aromatic heterocycles. The quantitative estimate of drug-likeness (QED) is 0.417. The molecule has 3 N–H and O–H groups in total. The average Bonchev–Trinajstić information content (AvgIpc) is 2.61. The molecule has 0 spiro atoms. The molecule has 9 nitrogen and oxygen atoms in total. The Morgan fingerprint density at radius 1 is 1.19 bits per heavy atom. The maximum atomic E-state index is 11.8. The summed E-state index contributed by atoms with van der Waals surface area (Å²) in [5.41, 5.74) is 2.00. The normalized spacial score (nSPS) is 27.2. The van der Waals surface area contributed by atoms with Crippen molar-refractivity contribution >= 4 is 27.7 Å². The molecule has 1 saturated carbocycles. The number of nitrogens with zero attached hydrogens (tertiary/aromatic N) is 1. The minimum absolute atomic E-state index is 0.0159. The minimum Gasteiger partial charge on any atom is -0.748 e. The van der Waals surface area contributed by atoms with Crippen LogP contribution in [0.4, 0.5) is 5.69 Å². The molecule has 1 amide bonds. The predicted octanol–water partition coefficient (Wildman–Crippen LogP) is 1.53. The zero-order valence-electron chi connectivity index (χ0n) is 18.0. The van der Waals surface area contributed by atoms with Crippen molar-refractivity contribution in [1.82, 2.24) is 0 Å². The first-order chi connectivity index (χ1) is 14.4. The summed E-state index contributed by atoms with van der Waals surface area (Å²) < 4.78 is 28.3. The van der Waals surface area contributed by atoms with Gasteiger partial charge < -0.3 is 24.6 Å². The number of anilines is 1. The Hall–Kier alpha value is -2.01. The fraction of sp³-hybridized carbons (Fsp3) is 0.619. The van der Waals surface area contributed by atoms with Crippen LogP contribution in [0.3, 0.4) is 0 Å². The van der Waals surface area contributed by atoms with E-state index in [9.17, 15) is 14.7 Å². The van der Waals surface area contributed by atoms with Crippen molar-refractivity contribution in [2.24, 2.45) is 5.92 Å². The summed E-state index contributed by atoms with van der Waals surface area (Å²) >= 11 is 0. The highest BCUT2D eigenvalue weighted by Gasteiger charge is 2.53. The van der Waals surface area contributed by atoms with Crippen LogP contribution in [-0.2, 0) is 26.3 Å². The summed E-state index contributed by atoms with van der Waals surface area (Å²) in [7, 11) is -1.61. The van der Waals surface area contributed by atoms with Gasteiger partial charge in [-0.15, -0.1) is 0 Å². The molecule has 10 heteroatoms. The van der Waals surface area contributed by atoms with Crippen molar-refractivity contribution in [1.29, 1.82) is 0 Å². The number of aliphatic hydroxyl groups excluding tert-OH is 1. The lowest BCUT2D eigenvalue weighted by atomic mass is 9.73. The fourth-order valence-corrected chi connectivity index (χ4v) is 4.69. The Bertz CT molecular complexity index is 864. The number of aliphatic carboxylic acids is 1. The summed E-state index contributed by atoms with van der Waals surface area (Å²) in [6.45, 7) is 2.11. The Morgan fingerprint density at radius 2 is 1.81 bits per heavy atom. The Morgan fingerprint density at radius 3 is 2.35 bits per heavy atom. The van der Waals surface area contributed by atoms with Gasteiger partial charge in [0.25, 0.3) is 0 Å². The van der Waals surface area contributed by atoms with Crippen LogP contribution in [0.1, 0.15) is 44.1 Å². The number of aliphatic hydroxyl groups is 1. The van der Waals surface area contributed by atoms with E-state index in [0.717, 1.165) is 42.5 Å². The molecule has 174 valence electrons. The predicted molar refractivity (Wildman–Crippen MR) is 114 cm³/mol. The van der Waals surface area contributed by atoms with Crippen LogP contribution in [0.2, 0.25) is 0 Å². The van der Waals surface area contributed by atoms with Gasteiger partial charge in [0.05, 0.1) is 41.8 Å². The zero-order valence-corrected chi connectivity index (χ0v) is 18.8. The second kappa shape index (κ2) is 10.5. The molecule has 0 radical (unpaired) electrons. The third kappa shape index (κ3) is 8.56.